The normalized spacial score (nSPS) is 26.2. The Morgan fingerprint density at radius 2 is 2.00 bits per heavy atom. The van der Waals surface area contributed by atoms with Gasteiger partial charge in [-0.2, -0.15) is 0 Å². The number of nitrogens with zero attached hydrogens (tertiary/aromatic N) is 3. The topological polar surface area (TPSA) is 60.5 Å². The number of amides is 1. The SMILES string of the molecule is Cc1cnccc1N1CCN(C(=O)[C@@H]2CC3(CCNCC3)CN2)CC1. The number of rotatable bonds is 2. The van der Waals surface area contributed by atoms with Gasteiger partial charge in [-0.25, -0.2) is 0 Å². The molecule has 2 N–H and O–H groups in total. The summed E-state index contributed by atoms with van der Waals surface area (Å²) in [5, 5.41) is 6.96. The van der Waals surface area contributed by atoms with Gasteiger partial charge in [-0.1, -0.05) is 0 Å². The van der Waals surface area contributed by atoms with Gasteiger partial charge >= 0.3 is 0 Å². The van der Waals surface area contributed by atoms with Crippen molar-refractivity contribution in [3.05, 3.63) is 24.0 Å². The number of piperidine rings is 1. The van der Waals surface area contributed by atoms with Crippen LogP contribution in [0.25, 0.3) is 0 Å². The lowest BCUT2D eigenvalue weighted by Crippen LogP contribution is -2.53. The van der Waals surface area contributed by atoms with E-state index in [-0.39, 0.29) is 6.04 Å². The zero-order chi connectivity index (χ0) is 17.3. The smallest absolute Gasteiger partial charge is 0.239 e. The molecule has 0 aliphatic carbocycles. The number of carbonyl (C=O) groups excluding carboxylic acids is 1. The Morgan fingerprint density at radius 3 is 2.72 bits per heavy atom. The molecule has 25 heavy (non-hydrogen) atoms. The summed E-state index contributed by atoms with van der Waals surface area (Å²) in [5.74, 6) is 0.307. The summed E-state index contributed by atoms with van der Waals surface area (Å²) in [4.78, 5) is 21.6. The van der Waals surface area contributed by atoms with Gasteiger partial charge in [0.05, 0.1) is 6.04 Å². The predicted octanol–water partition coefficient (Wildman–Crippen LogP) is 0.770. The van der Waals surface area contributed by atoms with Crippen LogP contribution in [0.4, 0.5) is 5.69 Å². The highest BCUT2D eigenvalue weighted by molar-refractivity contribution is 5.82. The summed E-state index contributed by atoms with van der Waals surface area (Å²) in [7, 11) is 0. The maximum absolute atomic E-state index is 13.0. The first-order chi connectivity index (χ1) is 12.2. The quantitative estimate of drug-likeness (QED) is 0.831. The zero-order valence-electron chi connectivity index (χ0n) is 15.1. The molecule has 0 aromatic carbocycles. The van der Waals surface area contributed by atoms with Crippen molar-refractivity contribution in [2.45, 2.75) is 32.2 Å². The number of pyridine rings is 1. The molecule has 1 atom stereocenters. The minimum absolute atomic E-state index is 0.0207. The summed E-state index contributed by atoms with van der Waals surface area (Å²) in [6.07, 6.45) is 7.16. The molecule has 0 unspecified atom stereocenters. The first kappa shape index (κ1) is 16.8. The molecule has 0 saturated carbocycles. The van der Waals surface area contributed by atoms with Crippen LogP contribution in [0.3, 0.4) is 0 Å². The highest BCUT2D eigenvalue weighted by atomic mass is 16.2. The van der Waals surface area contributed by atoms with E-state index in [2.05, 4.69) is 38.4 Å². The third-order valence-electron chi connectivity index (χ3n) is 6.25. The first-order valence-corrected chi connectivity index (χ1v) is 9.55. The number of aryl methyl sites for hydroxylation is 1. The number of nitrogens with one attached hydrogen (secondary N) is 2. The highest BCUT2D eigenvalue weighted by Crippen LogP contribution is 2.37. The molecule has 1 spiro atoms. The number of carbonyl (C=O) groups is 1. The lowest BCUT2D eigenvalue weighted by molar-refractivity contribution is -0.133. The van der Waals surface area contributed by atoms with Crippen molar-refractivity contribution in [3.63, 3.8) is 0 Å². The number of aromatic nitrogens is 1. The fourth-order valence-electron chi connectivity index (χ4n) is 4.64. The second kappa shape index (κ2) is 6.92. The average Bonchev–Trinajstić information content (AvgIpc) is 3.06. The van der Waals surface area contributed by atoms with E-state index in [1.807, 2.05) is 12.4 Å². The molecule has 6 nitrogen and oxygen atoms in total. The van der Waals surface area contributed by atoms with E-state index < -0.39 is 0 Å². The maximum Gasteiger partial charge on any atom is 0.239 e. The van der Waals surface area contributed by atoms with E-state index >= 15 is 0 Å². The molecule has 136 valence electrons. The largest absolute Gasteiger partial charge is 0.368 e. The fourth-order valence-corrected chi connectivity index (χ4v) is 4.64. The van der Waals surface area contributed by atoms with Crippen LogP contribution in [0.15, 0.2) is 18.5 Å². The Hall–Kier alpha value is -1.66. The van der Waals surface area contributed by atoms with Crippen molar-refractivity contribution < 1.29 is 4.79 Å². The molecule has 1 amide bonds. The molecule has 4 rings (SSSR count). The van der Waals surface area contributed by atoms with Crippen molar-refractivity contribution in [1.82, 2.24) is 20.5 Å². The minimum atomic E-state index is 0.0207. The van der Waals surface area contributed by atoms with Crippen LogP contribution in [0.2, 0.25) is 0 Å². The van der Waals surface area contributed by atoms with Crippen LogP contribution in [0, 0.1) is 12.3 Å². The van der Waals surface area contributed by atoms with Crippen LogP contribution in [0.1, 0.15) is 24.8 Å². The van der Waals surface area contributed by atoms with Crippen LogP contribution in [-0.4, -0.2) is 67.6 Å². The van der Waals surface area contributed by atoms with E-state index in [4.69, 9.17) is 0 Å². The summed E-state index contributed by atoms with van der Waals surface area (Å²) in [6.45, 7) is 8.71. The van der Waals surface area contributed by atoms with Crippen molar-refractivity contribution in [3.8, 4) is 0 Å². The summed E-state index contributed by atoms with van der Waals surface area (Å²) >= 11 is 0. The van der Waals surface area contributed by atoms with Gasteiger partial charge in [0.2, 0.25) is 5.91 Å². The van der Waals surface area contributed by atoms with E-state index in [1.54, 1.807) is 0 Å². The zero-order valence-corrected chi connectivity index (χ0v) is 15.1. The first-order valence-electron chi connectivity index (χ1n) is 9.55. The van der Waals surface area contributed by atoms with Gasteiger partial charge in [0, 0.05) is 50.8 Å². The van der Waals surface area contributed by atoms with Crippen molar-refractivity contribution in [2.24, 2.45) is 5.41 Å². The second-order valence-corrected chi connectivity index (χ2v) is 7.86. The fraction of sp³-hybridized carbons (Fsp3) is 0.684. The molecule has 0 radical (unpaired) electrons. The van der Waals surface area contributed by atoms with Crippen LogP contribution >= 0.6 is 0 Å². The lowest BCUT2D eigenvalue weighted by atomic mass is 9.77. The highest BCUT2D eigenvalue weighted by Gasteiger charge is 2.43. The number of anilines is 1. The molecule has 4 heterocycles. The van der Waals surface area contributed by atoms with Gasteiger partial charge in [-0.3, -0.25) is 9.78 Å². The molecular formula is C19H29N5O. The molecule has 3 aliphatic heterocycles. The number of piperazine rings is 1. The molecule has 1 aromatic rings. The molecule has 3 fully saturated rings. The van der Waals surface area contributed by atoms with Crippen molar-refractivity contribution in [2.75, 3.05) is 50.7 Å². The van der Waals surface area contributed by atoms with E-state index in [1.165, 1.54) is 24.1 Å². The van der Waals surface area contributed by atoms with Gasteiger partial charge in [0.1, 0.15) is 0 Å². The Balaban J connectivity index is 1.33. The molecular weight excluding hydrogens is 314 g/mol. The van der Waals surface area contributed by atoms with Crippen molar-refractivity contribution >= 4 is 11.6 Å². The Labute approximate surface area is 150 Å². The molecule has 0 bridgehead atoms. The van der Waals surface area contributed by atoms with Gasteiger partial charge in [0.25, 0.3) is 0 Å². The van der Waals surface area contributed by atoms with Gasteiger partial charge < -0.3 is 20.4 Å². The summed E-state index contributed by atoms with van der Waals surface area (Å²) in [5.41, 5.74) is 2.80. The monoisotopic (exact) mass is 343 g/mol. The van der Waals surface area contributed by atoms with E-state index in [9.17, 15) is 4.79 Å². The average molecular weight is 343 g/mol. The molecule has 6 heteroatoms. The van der Waals surface area contributed by atoms with Gasteiger partial charge in [0.15, 0.2) is 0 Å². The van der Waals surface area contributed by atoms with Crippen molar-refractivity contribution in [1.29, 1.82) is 0 Å². The van der Waals surface area contributed by atoms with Crippen LogP contribution in [0.5, 0.6) is 0 Å². The summed E-state index contributed by atoms with van der Waals surface area (Å²) in [6, 6.07) is 2.10. The Bertz CT molecular complexity index is 620. The molecule has 3 aliphatic rings. The standard InChI is InChI=1S/C19H29N5O/c1-15-13-21-5-2-17(15)23-8-10-24(11-9-23)18(25)16-12-19(14-22-16)3-6-20-7-4-19/h2,5,13,16,20,22H,3-4,6-12,14H2,1H3/t16-/m0/s1. The van der Waals surface area contributed by atoms with Gasteiger partial charge in [-0.05, 0) is 56.3 Å². The van der Waals surface area contributed by atoms with Crippen LogP contribution in [-0.2, 0) is 4.79 Å². The lowest BCUT2D eigenvalue weighted by Gasteiger charge is -2.38. The summed E-state index contributed by atoms with van der Waals surface area (Å²) < 4.78 is 0. The van der Waals surface area contributed by atoms with Gasteiger partial charge in [-0.15, -0.1) is 0 Å². The number of hydrogen-bond acceptors (Lipinski definition) is 5. The third kappa shape index (κ3) is 3.37. The predicted molar refractivity (Wildman–Crippen MR) is 98.7 cm³/mol. The maximum atomic E-state index is 13.0. The Kier molecular flexibility index (Phi) is 4.65. The molecule has 3 saturated heterocycles. The Morgan fingerprint density at radius 1 is 1.24 bits per heavy atom. The van der Waals surface area contributed by atoms with E-state index in [0.29, 0.717) is 11.3 Å². The minimum Gasteiger partial charge on any atom is -0.368 e. The van der Waals surface area contributed by atoms with E-state index in [0.717, 1.165) is 52.2 Å². The molecule has 1 aromatic heterocycles. The third-order valence-corrected chi connectivity index (χ3v) is 6.25. The number of hydrogen-bond donors (Lipinski definition) is 2. The van der Waals surface area contributed by atoms with Crippen LogP contribution < -0.4 is 15.5 Å². The second-order valence-electron chi connectivity index (χ2n) is 7.86.